The second kappa shape index (κ2) is 6.76. The molecule has 3 atom stereocenters. The van der Waals surface area contributed by atoms with Gasteiger partial charge in [0.05, 0.1) is 13.0 Å². The predicted octanol–water partition coefficient (Wildman–Crippen LogP) is 3.19. The van der Waals surface area contributed by atoms with E-state index in [1.165, 1.54) is 7.11 Å². The molecular formula is C14H20ClNO2. The lowest BCUT2D eigenvalue weighted by molar-refractivity contribution is -0.145. The van der Waals surface area contributed by atoms with Crippen LogP contribution < -0.4 is 5.32 Å². The van der Waals surface area contributed by atoms with E-state index in [9.17, 15) is 4.79 Å². The van der Waals surface area contributed by atoms with Crippen molar-refractivity contribution in [3.63, 3.8) is 0 Å². The van der Waals surface area contributed by atoms with E-state index in [0.29, 0.717) is 0 Å². The van der Waals surface area contributed by atoms with Crippen LogP contribution in [0, 0.1) is 5.92 Å². The summed E-state index contributed by atoms with van der Waals surface area (Å²) in [5.41, 5.74) is 1.10. The van der Waals surface area contributed by atoms with Gasteiger partial charge < -0.3 is 10.1 Å². The van der Waals surface area contributed by atoms with Gasteiger partial charge >= 0.3 is 5.97 Å². The summed E-state index contributed by atoms with van der Waals surface area (Å²) in [7, 11) is 1.41. The van der Waals surface area contributed by atoms with E-state index >= 15 is 0 Å². The van der Waals surface area contributed by atoms with Crippen molar-refractivity contribution >= 4 is 17.6 Å². The number of nitrogens with one attached hydrogen (secondary N) is 1. The highest BCUT2D eigenvalue weighted by Gasteiger charge is 2.22. The van der Waals surface area contributed by atoms with Gasteiger partial charge in [0, 0.05) is 17.1 Å². The second-order valence-corrected chi connectivity index (χ2v) is 4.98. The highest BCUT2D eigenvalue weighted by atomic mass is 35.5. The molecule has 0 aliphatic carbocycles. The molecule has 1 aromatic carbocycles. The van der Waals surface area contributed by atoms with E-state index < -0.39 is 0 Å². The molecule has 0 fully saturated rings. The number of esters is 1. The van der Waals surface area contributed by atoms with E-state index in [1.807, 2.05) is 45.0 Å². The van der Waals surface area contributed by atoms with Gasteiger partial charge in [0.15, 0.2) is 0 Å². The van der Waals surface area contributed by atoms with Crippen molar-refractivity contribution in [2.24, 2.45) is 5.92 Å². The molecule has 1 rings (SSSR count). The fourth-order valence-corrected chi connectivity index (χ4v) is 2.00. The number of ether oxygens (including phenoxy) is 1. The normalized spacial score (nSPS) is 15.8. The first kappa shape index (κ1) is 15.0. The van der Waals surface area contributed by atoms with Crippen LogP contribution in [0.15, 0.2) is 24.3 Å². The minimum atomic E-state index is -0.201. The molecule has 0 aliphatic heterocycles. The number of halogens is 1. The fraction of sp³-hybridized carbons (Fsp3) is 0.500. The third-order valence-corrected chi connectivity index (χ3v) is 3.42. The van der Waals surface area contributed by atoms with Crippen LogP contribution in [0.5, 0.6) is 0 Å². The van der Waals surface area contributed by atoms with Crippen molar-refractivity contribution in [1.29, 1.82) is 0 Å². The summed E-state index contributed by atoms with van der Waals surface area (Å²) in [6.45, 7) is 5.88. The van der Waals surface area contributed by atoms with Crippen molar-refractivity contribution in [2.45, 2.75) is 32.9 Å². The molecule has 0 heterocycles. The molecule has 100 valence electrons. The monoisotopic (exact) mass is 269 g/mol. The molecule has 0 aromatic heterocycles. The van der Waals surface area contributed by atoms with Crippen molar-refractivity contribution in [3.05, 3.63) is 34.9 Å². The maximum atomic E-state index is 11.4. The van der Waals surface area contributed by atoms with E-state index in [1.54, 1.807) is 0 Å². The first-order chi connectivity index (χ1) is 8.45. The van der Waals surface area contributed by atoms with Crippen LogP contribution in [0.4, 0.5) is 0 Å². The summed E-state index contributed by atoms with van der Waals surface area (Å²) in [6, 6.07) is 7.87. The van der Waals surface area contributed by atoms with Crippen molar-refractivity contribution in [3.8, 4) is 0 Å². The first-order valence-corrected chi connectivity index (χ1v) is 6.42. The lowest BCUT2D eigenvalue weighted by Crippen LogP contribution is -2.38. The van der Waals surface area contributed by atoms with Crippen LogP contribution in [-0.4, -0.2) is 19.1 Å². The average molecular weight is 270 g/mol. The van der Waals surface area contributed by atoms with Gasteiger partial charge in [-0.1, -0.05) is 30.7 Å². The molecule has 2 unspecified atom stereocenters. The minimum Gasteiger partial charge on any atom is -0.469 e. The van der Waals surface area contributed by atoms with E-state index in [0.717, 1.165) is 10.6 Å². The van der Waals surface area contributed by atoms with Gasteiger partial charge in [0.1, 0.15) is 0 Å². The number of hydrogen-bond acceptors (Lipinski definition) is 3. The SMILES string of the molecule is COC(=O)C(C)C(C)N[C@H](C)c1cccc(Cl)c1. The van der Waals surface area contributed by atoms with Crippen LogP contribution in [0.2, 0.25) is 5.02 Å². The molecule has 0 amide bonds. The van der Waals surface area contributed by atoms with Gasteiger partial charge in [-0.05, 0) is 31.5 Å². The Morgan fingerprint density at radius 1 is 1.33 bits per heavy atom. The van der Waals surface area contributed by atoms with Gasteiger partial charge in [0.2, 0.25) is 0 Å². The Labute approximate surface area is 113 Å². The second-order valence-electron chi connectivity index (χ2n) is 4.54. The highest BCUT2D eigenvalue weighted by molar-refractivity contribution is 6.30. The number of hydrogen-bond donors (Lipinski definition) is 1. The summed E-state index contributed by atoms with van der Waals surface area (Å²) in [5, 5.41) is 4.10. The van der Waals surface area contributed by atoms with Crippen molar-refractivity contribution < 1.29 is 9.53 Å². The zero-order valence-electron chi connectivity index (χ0n) is 11.2. The molecule has 0 aliphatic rings. The molecule has 0 spiro atoms. The number of rotatable bonds is 5. The number of methoxy groups -OCH3 is 1. The molecule has 1 aromatic rings. The Balaban J connectivity index is 2.64. The van der Waals surface area contributed by atoms with E-state index in [4.69, 9.17) is 16.3 Å². The summed E-state index contributed by atoms with van der Waals surface area (Å²) >= 11 is 5.96. The van der Waals surface area contributed by atoms with E-state index in [-0.39, 0.29) is 24.0 Å². The maximum absolute atomic E-state index is 11.4. The summed E-state index contributed by atoms with van der Waals surface area (Å²) < 4.78 is 4.74. The van der Waals surface area contributed by atoms with Gasteiger partial charge in [-0.2, -0.15) is 0 Å². The zero-order chi connectivity index (χ0) is 13.7. The van der Waals surface area contributed by atoms with Crippen molar-refractivity contribution in [2.75, 3.05) is 7.11 Å². The summed E-state index contributed by atoms with van der Waals surface area (Å²) in [6.07, 6.45) is 0. The Hall–Kier alpha value is -1.06. The van der Waals surface area contributed by atoms with Crippen LogP contribution in [0.25, 0.3) is 0 Å². The Kier molecular flexibility index (Phi) is 5.63. The summed E-state index contributed by atoms with van der Waals surface area (Å²) in [5.74, 6) is -0.384. The molecule has 18 heavy (non-hydrogen) atoms. The van der Waals surface area contributed by atoms with Crippen LogP contribution in [-0.2, 0) is 9.53 Å². The predicted molar refractivity (Wildman–Crippen MR) is 73.6 cm³/mol. The number of benzene rings is 1. The van der Waals surface area contributed by atoms with Gasteiger partial charge in [-0.3, -0.25) is 4.79 Å². The Bertz CT molecular complexity index is 409. The Morgan fingerprint density at radius 3 is 2.56 bits per heavy atom. The molecule has 4 heteroatoms. The molecule has 0 saturated carbocycles. The zero-order valence-corrected chi connectivity index (χ0v) is 12.0. The third kappa shape index (κ3) is 4.00. The Morgan fingerprint density at radius 2 is 2.00 bits per heavy atom. The summed E-state index contributed by atoms with van der Waals surface area (Å²) in [4.78, 5) is 11.4. The topological polar surface area (TPSA) is 38.3 Å². The van der Waals surface area contributed by atoms with E-state index in [2.05, 4.69) is 5.32 Å². The standard InChI is InChI=1S/C14H20ClNO2/c1-9(14(17)18-4)10(2)16-11(3)12-6-5-7-13(15)8-12/h5-11,16H,1-4H3/t9?,10?,11-/m1/s1. The maximum Gasteiger partial charge on any atom is 0.309 e. The lowest BCUT2D eigenvalue weighted by Gasteiger charge is -2.24. The van der Waals surface area contributed by atoms with Crippen LogP contribution in [0.1, 0.15) is 32.4 Å². The fourth-order valence-electron chi connectivity index (χ4n) is 1.80. The number of carbonyl (C=O) groups is 1. The minimum absolute atomic E-state index is 0.0337. The largest absolute Gasteiger partial charge is 0.469 e. The average Bonchev–Trinajstić information content (AvgIpc) is 2.36. The molecular weight excluding hydrogens is 250 g/mol. The smallest absolute Gasteiger partial charge is 0.309 e. The number of carbonyl (C=O) groups excluding carboxylic acids is 1. The van der Waals surface area contributed by atoms with Gasteiger partial charge in [-0.15, -0.1) is 0 Å². The van der Waals surface area contributed by atoms with Gasteiger partial charge in [0.25, 0.3) is 0 Å². The first-order valence-electron chi connectivity index (χ1n) is 6.05. The highest BCUT2D eigenvalue weighted by Crippen LogP contribution is 2.19. The van der Waals surface area contributed by atoms with Crippen LogP contribution in [0.3, 0.4) is 0 Å². The quantitative estimate of drug-likeness (QED) is 0.835. The van der Waals surface area contributed by atoms with Crippen LogP contribution >= 0.6 is 11.6 Å². The van der Waals surface area contributed by atoms with Crippen molar-refractivity contribution in [1.82, 2.24) is 5.32 Å². The third-order valence-electron chi connectivity index (χ3n) is 3.18. The molecule has 0 radical (unpaired) electrons. The lowest BCUT2D eigenvalue weighted by atomic mass is 10.0. The van der Waals surface area contributed by atoms with Gasteiger partial charge in [-0.25, -0.2) is 0 Å². The molecule has 1 N–H and O–H groups in total. The molecule has 3 nitrogen and oxygen atoms in total. The molecule has 0 saturated heterocycles. The molecule has 0 bridgehead atoms.